The van der Waals surface area contributed by atoms with Crippen LogP contribution in [-0.4, -0.2) is 36.9 Å². The van der Waals surface area contributed by atoms with Crippen LogP contribution in [0, 0.1) is 28.6 Å². The molecule has 2 heterocycles. The maximum Gasteiger partial charge on any atom is 0.310 e. The predicted octanol–water partition coefficient (Wildman–Crippen LogP) is 3.00. The van der Waals surface area contributed by atoms with Gasteiger partial charge in [0.15, 0.2) is 11.9 Å². The van der Waals surface area contributed by atoms with Gasteiger partial charge in [-0.05, 0) is 36.2 Å². The van der Waals surface area contributed by atoms with Gasteiger partial charge in [0.2, 0.25) is 0 Å². The number of hydrogen-bond acceptors (Lipinski definition) is 8. The molecule has 2 aliphatic carbocycles. The standard InChI is InChI=1S/C23H28O8/c1-12(24)30-16-9-15(20(26)28-4)22(2)7-5-14-21(27)31-17(13-6-8-29-11-13)10-23(14,3)19(22)18(16)25/h6,8,11,14-17,19H,5,7,9-10H2,1-4H3/t14-,15-,16+,17+,19-,22-,23-/m0/s1. The number of fused-ring (bicyclic) bond motifs is 3. The molecule has 0 bridgehead atoms. The number of carbonyl (C=O) groups excluding carboxylic acids is 4. The molecular formula is C23H28O8. The van der Waals surface area contributed by atoms with Crippen molar-refractivity contribution < 1.29 is 37.8 Å². The van der Waals surface area contributed by atoms with Crippen molar-refractivity contribution in [3.8, 4) is 0 Å². The van der Waals surface area contributed by atoms with E-state index in [1.807, 2.05) is 13.8 Å². The second-order valence-corrected chi connectivity index (χ2v) is 9.53. The van der Waals surface area contributed by atoms with Crippen LogP contribution in [0.1, 0.15) is 58.1 Å². The topological polar surface area (TPSA) is 109 Å². The summed E-state index contributed by atoms with van der Waals surface area (Å²) in [5.41, 5.74) is -0.763. The Bertz CT molecular complexity index is 905. The molecule has 0 N–H and O–H groups in total. The number of ether oxygens (including phenoxy) is 3. The Balaban J connectivity index is 1.80. The molecule has 0 aromatic carbocycles. The van der Waals surface area contributed by atoms with Crippen LogP contribution >= 0.6 is 0 Å². The summed E-state index contributed by atoms with van der Waals surface area (Å²) >= 11 is 0. The van der Waals surface area contributed by atoms with E-state index in [0.717, 1.165) is 5.56 Å². The van der Waals surface area contributed by atoms with Crippen LogP contribution < -0.4 is 0 Å². The number of methoxy groups -OCH3 is 1. The number of carbonyl (C=O) groups is 4. The van der Waals surface area contributed by atoms with Gasteiger partial charge in [-0.1, -0.05) is 13.8 Å². The minimum absolute atomic E-state index is 0.0917. The van der Waals surface area contributed by atoms with E-state index >= 15 is 0 Å². The van der Waals surface area contributed by atoms with Gasteiger partial charge < -0.3 is 18.6 Å². The lowest BCUT2D eigenvalue weighted by Gasteiger charge is -2.60. The third-order valence-electron chi connectivity index (χ3n) is 7.81. The Morgan fingerprint density at radius 1 is 1.19 bits per heavy atom. The highest BCUT2D eigenvalue weighted by molar-refractivity contribution is 5.93. The van der Waals surface area contributed by atoms with E-state index in [2.05, 4.69) is 0 Å². The average molecular weight is 432 g/mol. The van der Waals surface area contributed by atoms with Crippen LogP contribution in [0.2, 0.25) is 0 Å². The van der Waals surface area contributed by atoms with Gasteiger partial charge in [-0.3, -0.25) is 19.2 Å². The van der Waals surface area contributed by atoms with Crippen molar-refractivity contribution >= 4 is 23.7 Å². The first-order valence-electron chi connectivity index (χ1n) is 10.6. The van der Waals surface area contributed by atoms with Crippen molar-refractivity contribution in [2.75, 3.05) is 7.11 Å². The van der Waals surface area contributed by atoms with Crippen molar-refractivity contribution in [3.05, 3.63) is 24.2 Å². The maximum absolute atomic E-state index is 13.7. The van der Waals surface area contributed by atoms with Crippen LogP contribution in [0.15, 0.2) is 23.0 Å². The summed E-state index contributed by atoms with van der Waals surface area (Å²) in [6, 6.07) is 1.74. The fourth-order valence-electron chi connectivity index (χ4n) is 6.46. The van der Waals surface area contributed by atoms with Crippen molar-refractivity contribution in [2.24, 2.45) is 28.6 Å². The lowest BCUT2D eigenvalue weighted by Crippen LogP contribution is -2.64. The molecule has 2 saturated carbocycles. The lowest BCUT2D eigenvalue weighted by molar-refractivity contribution is -0.210. The fraction of sp³-hybridized carbons (Fsp3) is 0.652. The fourth-order valence-corrected chi connectivity index (χ4v) is 6.46. The molecule has 1 saturated heterocycles. The monoisotopic (exact) mass is 432 g/mol. The Morgan fingerprint density at radius 2 is 1.94 bits per heavy atom. The first-order valence-corrected chi connectivity index (χ1v) is 10.6. The molecule has 31 heavy (non-hydrogen) atoms. The summed E-state index contributed by atoms with van der Waals surface area (Å²) in [6.07, 6.45) is 2.98. The molecule has 8 nitrogen and oxygen atoms in total. The molecule has 168 valence electrons. The summed E-state index contributed by atoms with van der Waals surface area (Å²) in [6.45, 7) is 5.09. The minimum Gasteiger partial charge on any atom is -0.472 e. The van der Waals surface area contributed by atoms with Crippen molar-refractivity contribution in [1.29, 1.82) is 0 Å². The Hall–Kier alpha value is -2.64. The van der Waals surface area contributed by atoms with E-state index in [-0.39, 0.29) is 18.2 Å². The summed E-state index contributed by atoms with van der Waals surface area (Å²) in [5.74, 6) is -3.35. The smallest absolute Gasteiger partial charge is 0.310 e. The van der Waals surface area contributed by atoms with E-state index in [1.165, 1.54) is 26.6 Å². The van der Waals surface area contributed by atoms with Crippen molar-refractivity contribution in [3.63, 3.8) is 0 Å². The zero-order valence-electron chi connectivity index (χ0n) is 18.2. The largest absolute Gasteiger partial charge is 0.472 e. The van der Waals surface area contributed by atoms with Crippen molar-refractivity contribution in [2.45, 2.75) is 58.7 Å². The van der Waals surface area contributed by atoms with Crippen LogP contribution in [0.25, 0.3) is 0 Å². The van der Waals surface area contributed by atoms with Crippen LogP contribution in [0.5, 0.6) is 0 Å². The third kappa shape index (κ3) is 3.27. The van der Waals surface area contributed by atoms with Gasteiger partial charge in [0.1, 0.15) is 6.10 Å². The molecule has 4 rings (SSSR count). The van der Waals surface area contributed by atoms with Gasteiger partial charge in [-0.25, -0.2) is 0 Å². The minimum atomic E-state index is -1.04. The Labute approximate surface area is 180 Å². The first-order chi connectivity index (χ1) is 14.6. The molecule has 3 aliphatic rings. The Kier molecular flexibility index (Phi) is 5.22. The summed E-state index contributed by atoms with van der Waals surface area (Å²) in [7, 11) is 1.32. The van der Waals surface area contributed by atoms with Gasteiger partial charge in [-0.15, -0.1) is 0 Å². The molecule has 1 aromatic rings. The van der Waals surface area contributed by atoms with E-state index < -0.39 is 52.7 Å². The van der Waals surface area contributed by atoms with Gasteiger partial charge in [0, 0.05) is 24.8 Å². The van der Waals surface area contributed by atoms with E-state index in [9.17, 15) is 19.2 Å². The molecule has 0 unspecified atom stereocenters. The number of esters is 3. The average Bonchev–Trinajstić information content (AvgIpc) is 3.23. The highest BCUT2D eigenvalue weighted by Gasteiger charge is 2.67. The summed E-state index contributed by atoms with van der Waals surface area (Å²) < 4.78 is 21.3. The van der Waals surface area contributed by atoms with Gasteiger partial charge in [-0.2, -0.15) is 0 Å². The first kappa shape index (κ1) is 21.6. The second-order valence-electron chi connectivity index (χ2n) is 9.53. The number of hydrogen-bond donors (Lipinski definition) is 0. The van der Waals surface area contributed by atoms with E-state index in [0.29, 0.717) is 19.3 Å². The lowest BCUT2D eigenvalue weighted by atomic mass is 9.43. The number of furan rings is 1. The highest BCUT2D eigenvalue weighted by Crippen LogP contribution is 2.65. The molecule has 1 aromatic heterocycles. The molecule has 1 aliphatic heterocycles. The van der Waals surface area contributed by atoms with Crippen LogP contribution in [0.3, 0.4) is 0 Å². The zero-order valence-corrected chi connectivity index (χ0v) is 18.2. The van der Waals surface area contributed by atoms with Crippen LogP contribution in [-0.2, 0) is 33.4 Å². The molecule has 7 atom stereocenters. The van der Waals surface area contributed by atoms with Crippen LogP contribution in [0.4, 0.5) is 0 Å². The molecule has 3 fully saturated rings. The molecule has 0 spiro atoms. The number of rotatable bonds is 3. The Morgan fingerprint density at radius 3 is 2.55 bits per heavy atom. The molecule has 0 radical (unpaired) electrons. The van der Waals surface area contributed by atoms with E-state index in [4.69, 9.17) is 18.6 Å². The number of ketones is 1. The molecular weight excluding hydrogens is 404 g/mol. The van der Waals surface area contributed by atoms with E-state index in [1.54, 1.807) is 6.07 Å². The zero-order chi connectivity index (χ0) is 22.6. The molecule has 0 amide bonds. The van der Waals surface area contributed by atoms with Gasteiger partial charge in [0.25, 0.3) is 0 Å². The summed E-state index contributed by atoms with van der Waals surface area (Å²) in [5, 5.41) is 0. The second kappa shape index (κ2) is 7.50. The normalized spacial score (nSPS) is 39.7. The third-order valence-corrected chi connectivity index (χ3v) is 7.81. The number of cyclic esters (lactones) is 1. The highest BCUT2D eigenvalue weighted by atomic mass is 16.6. The quantitative estimate of drug-likeness (QED) is 0.530. The van der Waals surface area contributed by atoms with Gasteiger partial charge in [0.05, 0.1) is 31.5 Å². The SMILES string of the molecule is COC(=O)[C@@H]1C[C@@H](OC(C)=O)C(=O)[C@H]2[C@@]1(C)CC[C@H]1C(=O)O[C@@H](c3ccoc3)C[C@]21C. The summed E-state index contributed by atoms with van der Waals surface area (Å²) in [4.78, 5) is 51.2. The van der Waals surface area contributed by atoms with Gasteiger partial charge >= 0.3 is 17.9 Å². The molecule has 8 heteroatoms. The van der Waals surface area contributed by atoms with Crippen molar-refractivity contribution in [1.82, 2.24) is 0 Å². The predicted molar refractivity (Wildman–Crippen MR) is 105 cm³/mol. The number of Topliss-reactive ketones (excluding diaryl/α,β-unsaturated/α-hetero) is 1. The maximum atomic E-state index is 13.7.